The summed E-state index contributed by atoms with van der Waals surface area (Å²) in [7, 11) is 1.85. The smallest absolute Gasteiger partial charge is 0.223 e. The average molecular weight is 268 g/mol. The van der Waals surface area contributed by atoms with Gasteiger partial charge in [0.05, 0.1) is 5.69 Å². The van der Waals surface area contributed by atoms with Crippen molar-refractivity contribution in [1.29, 1.82) is 0 Å². The highest BCUT2D eigenvalue weighted by Gasteiger charge is 2.06. The molecule has 4 N–H and O–H groups in total. The third kappa shape index (κ3) is 4.25. The Kier molecular flexibility index (Phi) is 4.97. The van der Waals surface area contributed by atoms with Crippen LogP contribution >= 0.6 is 11.6 Å². The number of halogens is 1. The van der Waals surface area contributed by atoms with E-state index in [9.17, 15) is 0 Å². The lowest BCUT2D eigenvalue weighted by Crippen LogP contribution is -2.39. The van der Waals surface area contributed by atoms with Crippen molar-refractivity contribution < 1.29 is 0 Å². The second-order valence-electron chi connectivity index (χ2n) is 4.12. The summed E-state index contributed by atoms with van der Waals surface area (Å²) in [5, 5.41) is 0.648. The van der Waals surface area contributed by atoms with E-state index in [0.29, 0.717) is 16.7 Å². The molecule has 0 aliphatic carbocycles. The van der Waals surface area contributed by atoms with Crippen LogP contribution in [0.1, 0.15) is 13.8 Å². The molecule has 5 nitrogen and oxygen atoms in total. The Bertz CT molecular complexity index is 450. The summed E-state index contributed by atoms with van der Waals surface area (Å²) >= 11 is 5.77. The van der Waals surface area contributed by atoms with Gasteiger partial charge in [0.2, 0.25) is 5.96 Å². The summed E-state index contributed by atoms with van der Waals surface area (Å²) in [6.45, 7) is 4.02. The van der Waals surface area contributed by atoms with Gasteiger partial charge in [-0.25, -0.2) is 4.99 Å². The topological polar surface area (TPSA) is 80.0 Å². The Hall–Kier alpha value is -1.75. The Morgan fingerprint density at radius 1 is 1.22 bits per heavy atom. The number of hydrogen-bond donors (Lipinski definition) is 2. The van der Waals surface area contributed by atoms with E-state index < -0.39 is 0 Å². The zero-order valence-electron chi connectivity index (χ0n) is 10.8. The van der Waals surface area contributed by atoms with Crippen LogP contribution in [0.25, 0.3) is 0 Å². The molecule has 0 aromatic heterocycles. The van der Waals surface area contributed by atoms with E-state index >= 15 is 0 Å². The van der Waals surface area contributed by atoms with Crippen LogP contribution in [0.5, 0.6) is 0 Å². The van der Waals surface area contributed by atoms with Gasteiger partial charge in [0, 0.05) is 18.1 Å². The second kappa shape index (κ2) is 6.26. The van der Waals surface area contributed by atoms with Crippen LogP contribution in [0.3, 0.4) is 0 Å². The van der Waals surface area contributed by atoms with Crippen LogP contribution in [-0.2, 0) is 0 Å². The van der Waals surface area contributed by atoms with E-state index in [0.717, 1.165) is 0 Å². The number of rotatable bonds is 2. The summed E-state index contributed by atoms with van der Waals surface area (Å²) in [4.78, 5) is 9.96. The van der Waals surface area contributed by atoms with Gasteiger partial charge in [-0.2, -0.15) is 4.99 Å². The molecule has 0 bridgehead atoms. The molecule has 0 spiro atoms. The van der Waals surface area contributed by atoms with E-state index in [2.05, 4.69) is 9.98 Å². The van der Waals surface area contributed by atoms with Gasteiger partial charge in [-0.3, -0.25) is 0 Å². The van der Waals surface area contributed by atoms with E-state index in [-0.39, 0.29) is 12.0 Å². The molecular weight excluding hydrogens is 250 g/mol. The van der Waals surface area contributed by atoms with Crippen LogP contribution in [-0.4, -0.2) is 29.9 Å². The molecule has 1 rings (SSSR count). The lowest BCUT2D eigenvalue weighted by Gasteiger charge is -2.21. The van der Waals surface area contributed by atoms with Gasteiger partial charge >= 0.3 is 0 Å². The van der Waals surface area contributed by atoms with Crippen LogP contribution in [0, 0.1) is 0 Å². The maximum absolute atomic E-state index is 5.79. The van der Waals surface area contributed by atoms with Gasteiger partial charge < -0.3 is 16.4 Å². The Balaban J connectivity index is 2.84. The fourth-order valence-corrected chi connectivity index (χ4v) is 1.26. The summed E-state index contributed by atoms with van der Waals surface area (Å²) in [5.74, 6) is 0.447. The molecule has 6 heteroatoms. The highest BCUT2D eigenvalue weighted by Crippen LogP contribution is 2.16. The van der Waals surface area contributed by atoms with Crippen LogP contribution in [0.2, 0.25) is 5.02 Å². The van der Waals surface area contributed by atoms with Crippen molar-refractivity contribution in [3.05, 3.63) is 29.3 Å². The molecule has 0 aliphatic rings. The number of aliphatic imine (C=N–C) groups is 2. The van der Waals surface area contributed by atoms with Crippen molar-refractivity contribution in [3.8, 4) is 0 Å². The molecule has 0 amide bonds. The second-order valence-corrected chi connectivity index (χ2v) is 4.56. The molecule has 0 saturated carbocycles. The average Bonchev–Trinajstić information content (AvgIpc) is 2.30. The van der Waals surface area contributed by atoms with Crippen molar-refractivity contribution in [2.24, 2.45) is 21.5 Å². The first-order valence-corrected chi connectivity index (χ1v) is 5.94. The maximum Gasteiger partial charge on any atom is 0.223 e. The highest BCUT2D eigenvalue weighted by molar-refractivity contribution is 6.30. The normalized spacial score (nSPS) is 12.9. The number of nitrogens with two attached hydrogens (primary N) is 2. The SMILES string of the molecule is CC(C)N(C)C(N)=NC(N)=Nc1ccc(Cl)cc1. The number of benzene rings is 1. The minimum atomic E-state index is 0.113. The minimum absolute atomic E-state index is 0.113. The first-order chi connectivity index (χ1) is 8.40. The van der Waals surface area contributed by atoms with Gasteiger partial charge in [0.15, 0.2) is 5.96 Å². The fraction of sp³-hybridized carbons (Fsp3) is 0.333. The third-order valence-corrected chi connectivity index (χ3v) is 2.69. The van der Waals surface area contributed by atoms with Crippen molar-refractivity contribution in [1.82, 2.24) is 4.90 Å². The Morgan fingerprint density at radius 2 is 1.78 bits per heavy atom. The highest BCUT2D eigenvalue weighted by atomic mass is 35.5. The van der Waals surface area contributed by atoms with Crippen molar-refractivity contribution in [3.63, 3.8) is 0 Å². The van der Waals surface area contributed by atoms with Gasteiger partial charge in [-0.05, 0) is 38.1 Å². The Morgan fingerprint density at radius 3 is 2.28 bits per heavy atom. The molecule has 1 aromatic rings. The third-order valence-electron chi connectivity index (χ3n) is 2.44. The van der Waals surface area contributed by atoms with Crippen molar-refractivity contribution in [2.75, 3.05) is 7.05 Å². The van der Waals surface area contributed by atoms with Gasteiger partial charge in [0.25, 0.3) is 0 Å². The Labute approximate surface area is 112 Å². The molecule has 98 valence electrons. The monoisotopic (exact) mass is 267 g/mol. The standard InChI is InChI=1S/C12H18ClN5/c1-8(2)18(3)12(15)17-11(14)16-10-6-4-9(13)5-7-10/h4-8H,1-3H3,(H4,14,15,16,17). The van der Waals surface area contributed by atoms with Crippen LogP contribution < -0.4 is 11.5 Å². The lowest BCUT2D eigenvalue weighted by atomic mass is 10.3. The molecule has 0 heterocycles. The quantitative estimate of drug-likeness (QED) is 0.635. The van der Waals surface area contributed by atoms with E-state index in [4.69, 9.17) is 23.1 Å². The van der Waals surface area contributed by atoms with Crippen molar-refractivity contribution in [2.45, 2.75) is 19.9 Å². The van der Waals surface area contributed by atoms with Gasteiger partial charge in [-0.1, -0.05) is 11.6 Å². The zero-order valence-corrected chi connectivity index (χ0v) is 11.5. The predicted molar refractivity (Wildman–Crippen MR) is 77.3 cm³/mol. The first kappa shape index (κ1) is 14.3. The number of nitrogens with zero attached hydrogens (tertiary/aromatic N) is 3. The summed E-state index contributed by atoms with van der Waals surface area (Å²) < 4.78 is 0. The zero-order chi connectivity index (χ0) is 13.7. The molecule has 0 fully saturated rings. The summed E-state index contributed by atoms with van der Waals surface area (Å²) in [5.41, 5.74) is 12.2. The molecule has 18 heavy (non-hydrogen) atoms. The number of hydrogen-bond acceptors (Lipinski definition) is 1. The molecule has 0 unspecified atom stereocenters. The minimum Gasteiger partial charge on any atom is -0.369 e. The van der Waals surface area contributed by atoms with Gasteiger partial charge in [-0.15, -0.1) is 0 Å². The molecule has 0 saturated heterocycles. The largest absolute Gasteiger partial charge is 0.369 e. The lowest BCUT2D eigenvalue weighted by molar-refractivity contribution is 0.413. The van der Waals surface area contributed by atoms with Gasteiger partial charge in [0.1, 0.15) is 0 Å². The predicted octanol–water partition coefficient (Wildman–Crippen LogP) is 1.94. The molecular formula is C12H18ClN5. The molecule has 0 radical (unpaired) electrons. The van der Waals surface area contributed by atoms with Crippen molar-refractivity contribution >= 4 is 29.2 Å². The van der Waals surface area contributed by atoms with E-state index in [1.54, 1.807) is 24.3 Å². The molecule has 1 aromatic carbocycles. The summed E-state index contributed by atoms with van der Waals surface area (Å²) in [6, 6.07) is 7.24. The fourth-order valence-electron chi connectivity index (χ4n) is 1.13. The van der Waals surface area contributed by atoms with Crippen LogP contribution in [0.15, 0.2) is 34.3 Å². The molecule has 0 aliphatic heterocycles. The molecule has 0 atom stereocenters. The summed E-state index contributed by atoms with van der Waals surface area (Å²) in [6.07, 6.45) is 0. The van der Waals surface area contributed by atoms with E-state index in [1.807, 2.05) is 25.8 Å². The van der Waals surface area contributed by atoms with E-state index in [1.165, 1.54) is 0 Å². The van der Waals surface area contributed by atoms with Crippen LogP contribution in [0.4, 0.5) is 5.69 Å². The number of guanidine groups is 2. The maximum atomic E-state index is 5.79. The first-order valence-electron chi connectivity index (χ1n) is 5.57.